The van der Waals surface area contributed by atoms with Crippen molar-refractivity contribution in [1.82, 2.24) is 4.57 Å². The number of nitrogens with one attached hydrogen (secondary N) is 1. The molecule has 0 saturated carbocycles. The van der Waals surface area contributed by atoms with Crippen LogP contribution >= 0.6 is 11.3 Å². The number of anilines is 2. The maximum Gasteiger partial charge on any atom is 0.307 e. The van der Waals surface area contributed by atoms with Crippen LogP contribution in [0.2, 0.25) is 0 Å². The lowest BCUT2D eigenvalue weighted by atomic mass is 10.2. The van der Waals surface area contributed by atoms with Gasteiger partial charge in [-0.05, 0) is 39.0 Å². The van der Waals surface area contributed by atoms with E-state index in [-0.39, 0.29) is 35.2 Å². The Labute approximate surface area is 161 Å². The van der Waals surface area contributed by atoms with Gasteiger partial charge in [-0.25, -0.2) is 4.39 Å². The average molecular weight is 393 g/mol. The van der Waals surface area contributed by atoms with Crippen LogP contribution in [-0.4, -0.2) is 35.8 Å². The molecule has 0 unspecified atom stereocenters. The number of aryl methyl sites for hydroxylation is 1. The van der Waals surface area contributed by atoms with E-state index in [1.165, 1.54) is 6.07 Å². The van der Waals surface area contributed by atoms with Crippen LogP contribution in [0.1, 0.15) is 26.0 Å². The molecule has 146 valence electrons. The highest BCUT2D eigenvalue weighted by atomic mass is 32.1. The van der Waals surface area contributed by atoms with Gasteiger partial charge in [-0.1, -0.05) is 11.3 Å². The van der Waals surface area contributed by atoms with E-state index in [2.05, 4.69) is 5.32 Å². The van der Waals surface area contributed by atoms with E-state index in [4.69, 9.17) is 4.74 Å². The largest absolute Gasteiger partial charge is 0.372 e. The summed E-state index contributed by atoms with van der Waals surface area (Å²) in [5.41, 5.74) is 1.75. The number of benzene rings is 1. The van der Waals surface area contributed by atoms with Crippen molar-refractivity contribution in [3.05, 3.63) is 44.8 Å². The van der Waals surface area contributed by atoms with Crippen molar-refractivity contribution in [2.45, 2.75) is 45.9 Å². The monoisotopic (exact) mass is 393 g/mol. The molecule has 3 rings (SSSR count). The normalized spacial score (nSPS) is 19.9. The Morgan fingerprint density at radius 1 is 1.33 bits per heavy atom. The summed E-state index contributed by atoms with van der Waals surface area (Å²) >= 11 is 1.12. The van der Waals surface area contributed by atoms with Gasteiger partial charge in [0.1, 0.15) is 5.82 Å². The highest BCUT2D eigenvalue weighted by Crippen LogP contribution is 2.26. The lowest BCUT2D eigenvalue weighted by Crippen LogP contribution is -2.45. The second kappa shape index (κ2) is 8.22. The smallest absolute Gasteiger partial charge is 0.307 e. The van der Waals surface area contributed by atoms with Gasteiger partial charge in [-0.15, -0.1) is 0 Å². The number of halogens is 1. The zero-order valence-corrected chi connectivity index (χ0v) is 16.5. The summed E-state index contributed by atoms with van der Waals surface area (Å²) in [5, 5.41) is 4.46. The fourth-order valence-corrected chi connectivity index (χ4v) is 4.09. The molecule has 1 saturated heterocycles. The number of carbonyl (C=O) groups excluding carboxylic acids is 1. The second-order valence-electron chi connectivity index (χ2n) is 6.92. The van der Waals surface area contributed by atoms with E-state index in [1.54, 1.807) is 22.1 Å². The molecule has 1 aliphatic rings. The molecular formula is C19H24FN3O3S. The summed E-state index contributed by atoms with van der Waals surface area (Å²) in [5.74, 6) is -0.632. The van der Waals surface area contributed by atoms with Crippen molar-refractivity contribution in [1.29, 1.82) is 0 Å². The van der Waals surface area contributed by atoms with Gasteiger partial charge in [-0.3, -0.25) is 9.59 Å². The number of rotatable bonds is 5. The van der Waals surface area contributed by atoms with Crippen LogP contribution in [0.4, 0.5) is 15.8 Å². The van der Waals surface area contributed by atoms with Crippen molar-refractivity contribution < 1.29 is 13.9 Å². The van der Waals surface area contributed by atoms with Gasteiger partial charge >= 0.3 is 4.87 Å². The van der Waals surface area contributed by atoms with Crippen molar-refractivity contribution in [3.63, 3.8) is 0 Å². The van der Waals surface area contributed by atoms with E-state index >= 15 is 0 Å². The van der Waals surface area contributed by atoms with E-state index in [0.29, 0.717) is 31.0 Å². The molecule has 1 aliphatic heterocycles. The van der Waals surface area contributed by atoms with Crippen molar-refractivity contribution in [3.8, 4) is 0 Å². The van der Waals surface area contributed by atoms with Crippen LogP contribution in [0, 0.1) is 12.7 Å². The van der Waals surface area contributed by atoms with Gasteiger partial charge in [0.25, 0.3) is 0 Å². The maximum absolute atomic E-state index is 14.6. The van der Waals surface area contributed by atoms with Crippen LogP contribution in [0.15, 0.2) is 28.4 Å². The zero-order chi connectivity index (χ0) is 19.6. The summed E-state index contributed by atoms with van der Waals surface area (Å²) < 4.78 is 21.8. The van der Waals surface area contributed by atoms with Gasteiger partial charge in [0.05, 0.1) is 17.9 Å². The molecule has 2 heterocycles. The van der Waals surface area contributed by atoms with Crippen LogP contribution in [-0.2, 0) is 16.1 Å². The standard InChI is InChI=1S/C19H24FN3O3S/c1-12-11-27-19(25)23(12)7-6-18(24)21-15-4-5-17(16(20)8-15)22-9-13(2)26-14(3)10-22/h4-5,8,11,13-14H,6-7,9-10H2,1-3H3,(H,21,24)/t13-,14-/m1/s1. The molecule has 1 fully saturated rings. The summed E-state index contributed by atoms with van der Waals surface area (Å²) in [4.78, 5) is 25.7. The molecule has 2 atom stereocenters. The maximum atomic E-state index is 14.6. The SMILES string of the molecule is Cc1csc(=O)n1CCC(=O)Nc1ccc(N2C[C@@H](C)O[C@H](C)C2)c(F)c1. The van der Waals surface area contributed by atoms with E-state index in [9.17, 15) is 14.0 Å². The molecule has 0 aliphatic carbocycles. The molecular weight excluding hydrogens is 369 g/mol. The molecule has 1 N–H and O–H groups in total. The third-order valence-corrected chi connectivity index (χ3v) is 5.41. The molecule has 0 bridgehead atoms. The number of ether oxygens (including phenoxy) is 1. The second-order valence-corrected chi connectivity index (χ2v) is 7.74. The van der Waals surface area contributed by atoms with Gasteiger partial charge in [-0.2, -0.15) is 0 Å². The molecule has 2 aromatic rings. The number of nitrogens with zero attached hydrogens (tertiary/aromatic N) is 2. The lowest BCUT2D eigenvalue weighted by Gasteiger charge is -2.37. The van der Waals surface area contributed by atoms with Crippen LogP contribution in [0.3, 0.4) is 0 Å². The summed E-state index contributed by atoms with van der Waals surface area (Å²) in [6.07, 6.45) is 0.229. The predicted octanol–water partition coefficient (Wildman–Crippen LogP) is 3.00. The van der Waals surface area contributed by atoms with E-state index in [0.717, 1.165) is 17.0 Å². The van der Waals surface area contributed by atoms with E-state index < -0.39 is 0 Å². The summed E-state index contributed by atoms with van der Waals surface area (Å²) in [7, 11) is 0. The minimum Gasteiger partial charge on any atom is -0.372 e. The Hall–Kier alpha value is -2.19. The Morgan fingerprint density at radius 2 is 2.04 bits per heavy atom. The average Bonchev–Trinajstić information content (AvgIpc) is 2.90. The number of carbonyl (C=O) groups is 1. The number of amides is 1. The van der Waals surface area contributed by atoms with Crippen LogP contribution < -0.4 is 15.1 Å². The summed E-state index contributed by atoms with van der Waals surface area (Å²) in [6, 6.07) is 4.71. The first-order valence-electron chi connectivity index (χ1n) is 8.98. The zero-order valence-electron chi connectivity index (χ0n) is 15.7. The topological polar surface area (TPSA) is 63.6 Å². The van der Waals surface area contributed by atoms with Crippen molar-refractivity contribution in [2.75, 3.05) is 23.3 Å². The number of morpholine rings is 1. The quantitative estimate of drug-likeness (QED) is 0.848. The number of thiazole rings is 1. The Kier molecular flexibility index (Phi) is 5.96. The molecule has 1 aromatic heterocycles. The summed E-state index contributed by atoms with van der Waals surface area (Å²) in [6.45, 7) is 7.33. The molecule has 0 spiro atoms. The molecule has 8 heteroatoms. The predicted molar refractivity (Wildman–Crippen MR) is 105 cm³/mol. The molecule has 6 nitrogen and oxygen atoms in total. The molecule has 1 amide bonds. The van der Waals surface area contributed by atoms with Gasteiger partial charge in [0, 0.05) is 42.8 Å². The lowest BCUT2D eigenvalue weighted by molar-refractivity contribution is -0.116. The number of aromatic nitrogens is 1. The Bertz CT molecular complexity index is 869. The first-order chi connectivity index (χ1) is 12.8. The Morgan fingerprint density at radius 3 is 2.63 bits per heavy atom. The highest BCUT2D eigenvalue weighted by Gasteiger charge is 2.24. The fraction of sp³-hybridized carbons (Fsp3) is 0.474. The third-order valence-electron chi connectivity index (χ3n) is 4.53. The van der Waals surface area contributed by atoms with Crippen LogP contribution in [0.5, 0.6) is 0 Å². The third kappa shape index (κ3) is 4.75. The van der Waals surface area contributed by atoms with Crippen molar-refractivity contribution in [2.24, 2.45) is 0 Å². The van der Waals surface area contributed by atoms with Crippen LogP contribution in [0.25, 0.3) is 0 Å². The fourth-order valence-electron chi connectivity index (χ4n) is 3.33. The first kappa shape index (κ1) is 19.6. The minimum atomic E-state index is -0.376. The highest BCUT2D eigenvalue weighted by molar-refractivity contribution is 7.07. The molecule has 0 radical (unpaired) electrons. The molecule has 1 aromatic carbocycles. The first-order valence-corrected chi connectivity index (χ1v) is 9.86. The van der Waals surface area contributed by atoms with Gasteiger partial charge in [0.2, 0.25) is 5.91 Å². The minimum absolute atomic E-state index is 0.0384. The van der Waals surface area contributed by atoms with Gasteiger partial charge in [0.15, 0.2) is 0 Å². The van der Waals surface area contributed by atoms with E-state index in [1.807, 2.05) is 25.7 Å². The Balaban J connectivity index is 1.62. The number of hydrogen-bond donors (Lipinski definition) is 1. The molecule has 27 heavy (non-hydrogen) atoms. The van der Waals surface area contributed by atoms with Crippen molar-refractivity contribution >= 4 is 28.6 Å². The van der Waals surface area contributed by atoms with Gasteiger partial charge < -0.3 is 19.5 Å². The number of hydrogen-bond acceptors (Lipinski definition) is 5.